The van der Waals surface area contributed by atoms with E-state index in [0.29, 0.717) is 19.4 Å². The molecule has 0 rings (SSSR count). The number of carboxylic acid groups (broad SMARTS) is 1. The summed E-state index contributed by atoms with van der Waals surface area (Å²) in [6.07, 6.45) is 1.39. The molecule has 11 heteroatoms. The van der Waals surface area contributed by atoms with Crippen LogP contribution in [0.1, 0.15) is 26.2 Å². The highest BCUT2D eigenvalue weighted by Gasteiger charge is 2.23. The number of nitrogens with two attached hydrogens (primary N) is 2. The maximum atomic E-state index is 11.8. The van der Waals surface area contributed by atoms with Crippen LogP contribution in [-0.4, -0.2) is 71.7 Å². The number of aliphatic hydroxyl groups excluding tert-OH is 1. The third kappa shape index (κ3) is 9.59. The highest BCUT2D eigenvalue weighted by atomic mass is 16.4. The number of aliphatic hydroxyl groups is 1. The van der Waals surface area contributed by atoms with E-state index < -0.39 is 55.0 Å². The topological polar surface area (TPSA) is 197 Å². The van der Waals surface area contributed by atoms with Crippen molar-refractivity contribution in [3.63, 3.8) is 0 Å². The molecule has 3 unspecified atom stereocenters. The average molecular weight is 361 g/mol. The molecule has 0 aromatic carbocycles. The van der Waals surface area contributed by atoms with E-state index in [1.165, 1.54) is 6.92 Å². The Hall–Kier alpha value is -2.24. The summed E-state index contributed by atoms with van der Waals surface area (Å²) in [6.45, 7) is 0.657. The molecule has 0 heterocycles. The lowest BCUT2D eigenvalue weighted by molar-refractivity contribution is -0.142. The van der Waals surface area contributed by atoms with Crippen molar-refractivity contribution in [2.24, 2.45) is 11.5 Å². The van der Waals surface area contributed by atoms with E-state index in [1.807, 2.05) is 0 Å². The fourth-order valence-corrected chi connectivity index (χ4v) is 1.78. The Labute approximate surface area is 145 Å². The van der Waals surface area contributed by atoms with Crippen molar-refractivity contribution in [3.05, 3.63) is 0 Å². The third-order valence-electron chi connectivity index (χ3n) is 3.23. The van der Waals surface area contributed by atoms with Crippen molar-refractivity contribution < 1.29 is 29.4 Å². The van der Waals surface area contributed by atoms with Gasteiger partial charge >= 0.3 is 5.97 Å². The monoisotopic (exact) mass is 361 g/mol. The molecule has 0 fully saturated rings. The van der Waals surface area contributed by atoms with Gasteiger partial charge in [0.1, 0.15) is 12.1 Å². The number of nitrogens with one attached hydrogen (secondary N) is 3. The van der Waals surface area contributed by atoms with Gasteiger partial charge in [0.05, 0.1) is 19.2 Å². The Morgan fingerprint density at radius 3 is 2.16 bits per heavy atom. The molecule has 0 bridgehead atoms. The Kier molecular flexibility index (Phi) is 11.1. The zero-order valence-corrected chi connectivity index (χ0v) is 14.2. The molecule has 3 atom stereocenters. The normalized spacial score (nSPS) is 14.1. The zero-order chi connectivity index (χ0) is 19.4. The fraction of sp³-hybridized carbons (Fsp3) is 0.714. The number of hydrogen-bond donors (Lipinski definition) is 7. The van der Waals surface area contributed by atoms with Gasteiger partial charge in [0.2, 0.25) is 17.7 Å². The lowest BCUT2D eigenvalue weighted by Crippen LogP contribution is -2.54. The summed E-state index contributed by atoms with van der Waals surface area (Å²) in [4.78, 5) is 46.1. The molecule has 0 aromatic heterocycles. The summed E-state index contributed by atoms with van der Waals surface area (Å²) in [6, 6.07) is -3.21. The van der Waals surface area contributed by atoms with E-state index in [4.69, 9.17) is 21.7 Å². The van der Waals surface area contributed by atoms with Crippen LogP contribution in [-0.2, 0) is 19.2 Å². The second-order valence-corrected chi connectivity index (χ2v) is 5.49. The molecule has 0 spiro atoms. The highest BCUT2D eigenvalue weighted by molar-refractivity contribution is 5.92. The second kappa shape index (κ2) is 12.2. The van der Waals surface area contributed by atoms with Gasteiger partial charge in [-0.1, -0.05) is 0 Å². The Bertz CT molecular complexity index is 471. The second-order valence-electron chi connectivity index (χ2n) is 5.49. The molecule has 0 aliphatic carbocycles. The molecule has 0 aliphatic heterocycles. The first kappa shape index (κ1) is 22.8. The smallest absolute Gasteiger partial charge is 0.326 e. The van der Waals surface area contributed by atoms with E-state index in [9.17, 15) is 19.2 Å². The van der Waals surface area contributed by atoms with Crippen LogP contribution >= 0.6 is 0 Å². The predicted octanol–water partition coefficient (Wildman–Crippen LogP) is -3.37. The number of carboxylic acids is 1. The van der Waals surface area contributed by atoms with Crippen LogP contribution in [0.4, 0.5) is 0 Å². The average Bonchev–Trinajstić information content (AvgIpc) is 2.56. The molecule has 9 N–H and O–H groups in total. The van der Waals surface area contributed by atoms with E-state index in [1.54, 1.807) is 0 Å². The summed E-state index contributed by atoms with van der Waals surface area (Å²) >= 11 is 0. The van der Waals surface area contributed by atoms with E-state index in [-0.39, 0.29) is 6.42 Å². The van der Waals surface area contributed by atoms with Crippen LogP contribution in [0.3, 0.4) is 0 Å². The van der Waals surface area contributed by atoms with Crippen LogP contribution in [0.2, 0.25) is 0 Å². The van der Waals surface area contributed by atoms with E-state index >= 15 is 0 Å². The van der Waals surface area contributed by atoms with Crippen LogP contribution in [0.25, 0.3) is 0 Å². The number of aliphatic carboxylic acids is 1. The van der Waals surface area contributed by atoms with Gasteiger partial charge in [-0.15, -0.1) is 0 Å². The van der Waals surface area contributed by atoms with Crippen molar-refractivity contribution in [1.82, 2.24) is 16.0 Å². The van der Waals surface area contributed by atoms with Crippen LogP contribution in [0.15, 0.2) is 0 Å². The summed E-state index contributed by atoms with van der Waals surface area (Å²) in [5.74, 6) is -3.32. The third-order valence-corrected chi connectivity index (χ3v) is 3.23. The molecule has 0 saturated heterocycles. The van der Waals surface area contributed by atoms with Gasteiger partial charge in [-0.25, -0.2) is 4.79 Å². The van der Waals surface area contributed by atoms with Crippen LogP contribution in [0, 0.1) is 0 Å². The number of hydrogen-bond acceptors (Lipinski definition) is 7. The molecular weight excluding hydrogens is 334 g/mol. The molecule has 11 nitrogen and oxygen atoms in total. The van der Waals surface area contributed by atoms with Crippen molar-refractivity contribution in [2.75, 3.05) is 19.7 Å². The minimum absolute atomic E-state index is 0.218. The van der Waals surface area contributed by atoms with Crippen molar-refractivity contribution in [1.29, 1.82) is 0 Å². The van der Waals surface area contributed by atoms with E-state index in [0.717, 1.165) is 0 Å². The van der Waals surface area contributed by atoms with Gasteiger partial charge in [0.25, 0.3) is 0 Å². The number of carbonyl (C=O) groups excluding carboxylic acids is 3. The Morgan fingerprint density at radius 1 is 1.04 bits per heavy atom. The maximum Gasteiger partial charge on any atom is 0.326 e. The van der Waals surface area contributed by atoms with Gasteiger partial charge in [0, 0.05) is 0 Å². The van der Waals surface area contributed by atoms with Crippen LogP contribution < -0.4 is 27.4 Å². The van der Waals surface area contributed by atoms with E-state index in [2.05, 4.69) is 16.0 Å². The molecule has 144 valence electrons. The molecule has 3 amide bonds. The number of amides is 3. The largest absolute Gasteiger partial charge is 0.480 e. The minimum Gasteiger partial charge on any atom is -0.480 e. The molecule has 0 aromatic rings. The molecule has 25 heavy (non-hydrogen) atoms. The number of carbonyl (C=O) groups is 4. The summed E-state index contributed by atoms with van der Waals surface area (Å²) in [5, 5.41) is 24.9. The molecule has 0 saturated carbocycles. The summed E-state index contributed by atoms with van der Waals surface area (Å²) in [7, 11) is 0. The zero-order valence-electron chi connectivity index (χ0n) is 14.2. The first-order valence-corrected chi connectivity index (χ1v) is 7.89. The lowest BCUT2D eigenvalue weighted by atomic mass is 10.1. The van der Waals surface area contributed by atoms with Gasteiger partial charge in [-0.3, -0.25) is 14.4 Å². The summed E-state index contributed by atoms with van der Waals surface area (Å²) < 4.78 is 0. The SMILES string of the molecule is CC(N)C(=O)NC(CO)C(=O)NCC(=O)NC(CCCCN)C(=O)O. The first-order valence-electron chi connectivity index (χ1n) is 7.89. The van der Waals surface area contributed by atoms with Crippen LogP contribution in [0.5, 0.6) is 0 Å². The first-order chi connectivity index (χ1) is 11.7. The van der Waals surface area contributed by atoms with Crippen molar-refractivity contribution >= 4 is 23.7 Å². The molecular formula is C14H27N5O6. The lowest BCUT2D eigenvalue weighted by Gasteiger charge is -2.18. The van der Waals surface area contributed by atoms with Crippen molar-refractivity contribution in [2.45, 2.75) is 44.3 Å². The molecule has 0 radical (unpaired) electrons. The predicted molar refractivity (Wildman–Crippen MR) is 88.1 cm³/mol. The van der Waals surface area contributed by atoms with Gasteiger partial charge in [-0.05, 0) is 32.7 Å². The highest BCUT2D eigenvalue weighted by Crippen LogP contribution is 2.00. The fourth-order valence-electron chi connectivity index (χ4n) is 1.78. The summed E-state index contributed by atoms with van der Waals surface area (Å²) in [5.41, 5.74) is 10.7. The van der Waals surface area contributed by atoms with Gasteiger partial charge in [-0.2, -0.15) is 0 Å². The van der Waals surface area contributed by atoms with Crippen molar-refractivity contribution in [3.8, 4) is 0 Å². The minimum atomic E-state index is -1.26. The van der Waals surface area contributed by atoms with Gasteiger partial charge in [0.15, 0.2) is 0 Å². The standard InChI is InChI=1S/C14H27N5O6/c1-8(16)12(22)19-10(7-20)13(23)17-6-11(21)18-9(14(24)25)4-2-3-5-15/h8-10,20H,2-7,15-16H2,1H3,(H,17,23)(H,18,21)(H,19,22)(H,24,25). The molecule has 0 aliphatic rings. The quantitative estimate of drug-likeness (QED) is 0.175. The Balaban J connectivity index is 4.42. The number of rotatable bonds is 12. The Morgan fingerprint density at radius 2 is 1.68 bits per heavy atom. The number of unbranched alkanes of at least 4 members (excludes halogenated alkanes) is 1. The maximum absolute atomic E-state index is 11.8. The van der Waals surface area contributed by atoms with Gasteiger partial charge < -0.3 is 37.6 Å².